The number of fused-ring (bicyclic) bond motifs is 1. The molecule has 144 valence electrons. The maximum Gasteiger partial charge on any atom is 0.322 e. The molecule has 2 aromatic rings. The molecule has 3 rings (SSSR count). The van der Waals surface area contributed by atoms with Crippen LogP contribution in [0.1, 0.15) is 24.1 Å². The number of hydrogen-bond acceptors (Lipinski definition) is 4. The summed E-state index contributed by atoms with van der Waals surface area (Å²) in [6.07, 6.45) is 0.764. The molecule has 2 aromatic carbocycles. The van der Waals surface area contributed by atoms with E-state index in [0.717, 1.165) is 40.4 Å². The Bertz CT molecular complexity index is 801. The van der Waals surface area contributed by atoms with E-state index in [1.807, 2.05) is 67.2 Å². The highest BCUT2D eigenvalue weighted by atomic mass is 16.5. The SMILES string of the molecule is COc1cc2c(c(OC)c1)C(C)N(C(=O)Nc1ccc(N(C)C)cc1)CC2. The molecule has 1 aliphatic heterocycles. The molecule has 1 N–H and O–H groups in total. The lowest BCUT2D eigenvalue weighted by Gasteiger charge is -2.36. The van der Waals surface area contributed by atoms with Gasteiger partial charge < -0.3 is 24.6 Å². The van der Waals surface area contributed by atoms with E-state index in [1.54, 1.807) is 14.2 Å². The highest BCUT2D eigenvalue weighted by molar-refractivity contribution is 5.90. The Hall–Kier alpha value is -2.89. The summed E-state index contributed by atoms with van der Waals surface area (Å²) in [5.74, 6) is 1.53. The van der Waals surface area contributed by atoms with E-state index in [0.29, 0.717) is 6.54 Å². The van der Waals surface area contributed by atoms with Crippen molar-refractivity contribution in [3.05, 3.63) is 47.5 Å². The molecule has 0 spiro atoms. The number of hydrogen-bond donors (Lipinski definition) is 1. The fraction of sp³-hybridized carbons (Fsp3) is 0.381. The predicted molar refractivity (Wildman–Crippen MR) is 108 cm³/mol. The van der Waals surface area contributed by atoms with E-state index >= 15 is 0 Å². The Labute approximate surface area is 160 Å². The van der Waals surface area contributed by atoms with Gasteiger partial charge in [0.05, 0.1) is 20.3 Å². The van der Waals surface area contributed by atoms with Gasteiger partial charge in [0.15, 0.2) is 0 Å². The molecule has 6 heteroatoms. The second-order valence-electron chi connectivity index (χ2n) is 6.89. The number of carbonyl (C=O) groups is 1. The molecule has 0 saturated heterocycles. The fourth-order valence-corrected chi connectivity index (χ4v) is 3.53. The second kappa shape index (κ2) is 7.78. The minimum Gasteiger partial charge on any atom is -0.497 e. The first kappa shape index (κ1) is 18.9. The lowest BCUT2D eigenvalue weighted by molar-refractivity contribution is 0.186. The van der Waals surface area contributed by atoms with Gasteiger partial charge in [-0.2, -0.15) is 0 Å². The summed E-state index contributed by atoms with van der Waals surface area (Å²) < 4.78 is 10.9. The first-order valence-corrected chi connectivity index (χ1v) is 9.04. The molecule has 2 amide bonds. The van der Waals surface area contributed by atoms with E-state index in [9.17, 15) is 4.79 Å². The van der Waals surface area contributed by atoms with Crippen LogP contribution >= 0.6 is 0 Å². The molecule has 1 atom stereocenters. The maximum absolute atomic E-state index is 12.9. The molecule has 1 heterocycles. The van der Waals surface area contributed by atoms with Gasteiger partial charge in [-0.05, 0) is 49.2 Å². The quantitative estimate of drug-likeness (QED) is 0.887. The summed E-state index contributed by atoms with van der Waals surface area (Å²) in [6, 6.07) is 11.5. The summed E-state index contributed by atoms with van der Waals surface area (Å²) >= 11 is 0. The van der Waals surface area contributed by atoms with Crippen LogP contribution in [0.5, 0.6) is 11.5 Å². The molecule has 1 aliphatic rings. The van der Waals surface area contributed by atoms with Crippen LogP contribution in [0.3, 0.4) is 0 Å². The van der Waals surface area contributed by atoms with Gasteiger partial charge in [0.25, 0.3) is 0 Å². The lowest BCUT2D eigenvalue weighted by atomic mass is 9.92. The van der Waals surface area contributed by atoms with Crippen LogP contribution in [0, 0.1) is 0 Å². The maximum atomic E-state index is 12.9. The molecule has 0 aliphatic carbocycles. The van der Waals surface area contributed by atoms with Crippen molar-refractivity contribution in [1.82, 2.24) is 4.90 Å². The van der Waals surface area contributed by atoms with Gasteiger partial charge in [-0.25, -0.2) is 4.79 Å². The zero-order valence-electron chi connectivity index (χ0n) is 16.6. The molecule has 1 unspecified atom stereocenters. The first-order valence-electron chi connectivity index (χ1n) is 9.04. The third-order valence-corrected chi connectivity index (χ3v) is 5.06. The molecular formula is C21H27N3O3. The number of nitrogens with one attached hydrogen (secondary N) is 1. The number of ether oxygens (including phenoxy) is 2. The lowest BCUT2D eigenvalue weighted by Crippen LogP contribution is -2.41. The van der Waals surface area contributed by atoms with Gasteiger partial charge in [0, 0.05) is 43.6 Å². The molecule has 0 fully saturated rings. The van der Waals surface area contributed by atoms with Crippen LogP contribution in [-0.2, 0) is 6.42 Å². The summed E-state index contributed by atoms with van der Waals surface area (Å²) in [5, 5.41) is 3.00. The van der Waals surface area contributed by atoms with E-state index < -0.39 is 0 Å². The van der Waals surface area contributed by atoms with E-state index in [-0.39, 0.29) is 12.1 Å². The van der Waals surface area contributed by atoms with Crippen molar-refractivity contribution >= 4 is 17.4 Å². The van der Waals surface area contributed by atoms with Gasteiger partial charge in [0.1, 0.15) is 11.5 Å². The topological polar surface area (TPSA) is 54.0 Å². The average Bonchev–Trinajstić information content (AvgIpc) is 2.67. The Morgan fingerprint density at radius 3 is 2.44 bits per heavy atom. The zero-order chi connectivity index (χ0) is 19.6. The van der Waals surface area contributed by atoms with Gasteiger partial charge in [-0.1, -0.05) is 0 Å². The van der Waals surface area contributed by atoms with Gasteiger partial charge >= 0.3 is 6.03 Å². The molecule has 27 heavy (non-hydrogen) atoms. The molecule has 0 aromatic heterocycles. The molecule has 6 nitrogen and oxygen atoms in total. The third-order valence-electron chi connectivity index (χ3n) is 5.06. The molecular weight excluding hydrogens is 342 g/mol. The number of anilines is 2. The Kier molecular flexibility index (Phi) is 5.44. The van der Waals surface area contributed by atoms with Crippen molar-refractivity contribution in [3.8, 4) is 11.5 Å². The summed E-state index contributed by atoms with van der Waals surface area (Å²) in [4.78, 5) is 16.7. The number of carbonyl (C=O) groups excluding carboxylic acids is 1. The Morgan fingerprint density at radius 2 is 1.85 bits per heavy atom. The van der Waals surface area contributed by atoms with Gasteiger partial charge in [-0.3, -0.25) is 0 Å². The summed E-state index contributed by atoms with van der Waals surface area (Å²) in [6.45, 7) is 2.67. The molecule has 0 bridgehead atoms. The number of nitrogens with zero attached hydrogens (tertiary/aromatic N) is 2. The third kappa shape index (κ3) is 3.79. The highest BCUT2D eigenvalue weighted by Gasteiger charge is 2.31. The van der Waals surface area contributed by atoms with E-state index in [1.165, 1.54) is 0 Å². The highest BCUT2D eigenvalue weighted by Crippen LogP contribution is 2.39. The second-order valence-corrected chi connectivity index (χ2v) is 6.89. The normalized spacial score (nSPS) is 15.7. The smallest absolute Gasteiger partial charge is 0.322 e. The van der Waals surface area contributed by atoms with Crippen molar-refractivity contribution in [3.63, 3.8) is 0 Å². The number of amides is 2. The Balaban J connectivity index is 1.79. The van der Waals surface area contributed by atoms with E-state index in [2.05, 4.69) is 5.32 Å². The van der Waals surface area contributed by atoms with Crippen molar-refractivity contribution < 1.29 is 14.3 Å². The van der Waals surface area contributed by atoms with Crippen LogP contribution in [-0.4, -0.2) is 45.8 Å². The summed E-state index contributed by atoms with van der Waals surface area (Å²) in [7, 11) is 7.27. The van der Waals surface area contributed by atoms with Crippen molar-refractivity contribution in [2.45, 2.75) is 19.4 Å². The predicted octanol–water partition coefficient (Wildman–Crippen LogP) is 3.92. The number of benzene rings is 2. The van der Waals surface area contributed by atoms with Crippen molar-refractivity contribution in [2.24, 2.45) is 0 Å². The number of methoxy groups -OCH3 is 2. The number of rotatable bonds is 4. The zero-order valence-corrected chi connectivity index (χ0v) is 16.6. The minimum absolute atomic E-state index is 0.0874. The van der Waals surface area contributed by atoms with Crippen LogP contribution in [0.25, 0.3) is 0 Å². The standard InChI is InChI=1S/C21H27N3O3/c1-14-20-15(12-18(26-4)13-19(20)27-5)10-11-24(14)21(25)22-16-6-8-17(9-7-16)23(2)3/h6-9,12-14H,10-11H2,1-5H3,(H,22,25). The van der Waals surface area contributed by atoms with Crippen LogP contribution < -0.4 is 19.7 Å². The van der Waals surface area contributed by atoms with Crippen LogP contribution in [0.4, 0.5) is 16.2 Å². The van der Waals surface area contributed by atoms with Crippen LogP contribution in [0.2, 0.25) is 0 Å². The monoisotopic (exact) mass is 369 g/mol. The van der Waals surface area contributed by atoms with Crippen molar-refractivity contribution in [2.75, 3.05) is 45.1 Å². The fourth-order valence-electron chi connectivity index (χ4n) is 3.53. The average molecular weight is 369 g/mol. The minimum atomic E-state index is -0.108. The van der Waals surface area contributed by atoms with E-state index in [4.69, 9.17) is 9.47 Å². The van der Waals surface area contributed by atoms with Gasteiger partial charge in [-0.15, -0.1) is 0 Å². The molecule has 0 saturated carbocycles. The van der Waals surface area contributed by atoms with Crippen molar-refractivity contribution in [1.29, 1.82) is 0 Å². The number of urea groups is 1. The largest absolute Gasteiger partial charge is 0.497 e. The summed E-state index contributed by atoms with van der Waals surface area (Å²) in [5.41, 5.74) is 4.08. The van der Waals surface area contributed by atoms with Gasteiger partial charge in [0.2, 0.25) is 0 Å². The Morgan fingerprint density at radius 1 is 1.15 bits per heavy atom. The first-order chi connectivity index (χ1) is 12.9. The van der Waals surface area contributed by atoms with Crippen LogP contribution in [0.15, 0.2) is 36.4 Å². The molecule has 0 radical (unpaired) electrons.